The van der Waals surface area contributed by atoms with Gasteiger partial charge in [0.2, 0.25) is 11.7 Å². The fourth-order valence-electron chi connectivity index (χ4n) is 4.90. The van der Waals surface area contributed by atoms with Crippen LogP contribution in [0, 0.1) is 11.8 Å². The maximum absolute atomic E-state index is 13.3. The quantitative estimate of drug-likeness (QED) is 0.557. The third-order valence-electron chi connectivity index (χ3n) is 6.56. The normalized spacial score (nSPS) is 21.4. The lowest BCUT2D eigenvalue weighted by Crippen LogP contribution is -2.49. The van der Waals surface area contributed by atoms with Gasteiger partial charge in [0, 0.05) is 54.4 Å². The standard InChI is InChI=1S/C22H22ClF3N6O/c1-13-11-30(18-4-6-27-17-3-2-14(23)10-16(17)18)7-5-15(13)20(33)31-8-9-32-19(12-31)28-29-21(32)22(24,25)26/h2-4,6,10,13,15H,5,7-9,11-12H2,1H3. The maximum atomic E-state index is 13.3. The Hall–Kier alpha value is -2.88. The van der Waals surface area contributed by atoms with Gasteiger partial charge in [-0.15, -0.1) is 10.2 Å². The van der Waals surface area contributed by atoms with E-state index in [4.69, 9.17) is 11.6 Å². The van der Waals surface area contributed by atoms with E-state index in [0.29, 0.717) is 24.5 Å². The van der Waals surface area contributed by atoms with Gasteiger partial charge in [-0.2, -0.15) is 13.2 Å². The van der Waals surface area contributed by atoms with E-state index < -0.39 is 12.0 Å². The predicted octanol–water partition coefficient (Wildman–Crippen LogP) is 4.00. The van der Waals surface area contributed by atoms with Crippen molar-refractivity contribution in [2.75, 3.05) is 24.5 Å². The lowest BCUT2D eigenvalue weighted by atomic mass is 9.85. The van der Waals surface area contributed by atoms with E-state index >= 15 is 0 Å². The summed E-state index contributed by atoms with van der Waals surface area (Å²) in [6.45, 7) is 3.72. The third kappa shape index (κ3) is 4.01. The summed E-state index contributed by atoms with van der Waals surface area (Å²) >= 11 is 6.20. The lowest BCUT2D eigenvalue weighted by Gasteiger charge is -2.40. The van der Waals surface area contributed by atoms with Crippen molar-refractivity contribution in [3.63, 3.8) is 0 Å². The van der Waals surface area contributed by atoms with E-state index in [9.17, 15) is 18.0 Å². The predicted molar refractivity (Wildman–Crippen MR) is 117 cm³/mol. The first-order valence-electron chi connectivity index (χ1n) is 10.8. The molecule has 0 spiro atoms. The molecule has 1 aromatic carbocycles. The average Bonchev–Trinajstić information content (AvgIpc) is 3.22. The molecule has 2 atom stereocenters. The van der Waals surface area contributed by atoms with Crippen LogP contribution in [-0.2, 0) is 24.1 Å². The second-order valence-electron chi connectivity index (χ2n) is 8.66. The van der Waals surface area contributed by atoms with Crippen LogP contribution in [0.3, 0.4) is 0 Å². The highest BCUT2D eigenvalue weighted by Crippen LogP contribution is 2.34. The van der Waals surface area contributed by atoms with Gasteiger partial charge in [0.25, 0.3) is 0 Å². The molecular formula is C22H22ClF3N6O. The van der Waals surface area contributed by atoms with Gasteiger partial charge >= 0.3 is 6.18 Å². The Morgan fingerprint density at radius 2 is 1.97 bits per heavy atom. The summed E-state index contributed by atoms with van der Waals surface area (Å²) in [6, 6.07) is 7.56. The summed E-state index contributed by atoms with van der Waals surface area (Å²) in [4.78, 5) is 21.5. The van der Waals surface area contributed by atoms with Crippen molar-refractivity contribution < 1.29 is 18.0 Å². The molecule has 1 fully saturated rings. The summed E-state index contributed by atoms with van der Waals surface area (Å²) in [5.74, 6) is -0.996. The van der Waals surface area contributed by atoms with Crippen LogP contribution in [0.2, 0.25) is 5.02 Å². The van der Waals surface area contributed by atoms with Gasteiger partial charge in [-0.3, -0.25) is 9.78 Å². The Labute approximate surface area is 193 Å². The van der Waals surface area contributed by atoms with Gasteiger partial charge in [-0.25, -0.2) is 0 Å². The highest BCUT2D eigenvalue weighted by atomic mass is 35.5. The largest absolute Gasteiger partial charge is 0.451 e. The number of halogens is 4. The number of anilines is 1. The van der Waals surface area contributed by atoms with Crippen LogP contribution in [0.1, 0.15) is 25.0 Å². The summed E-state index contributed by atoms with van der Waals surface area (Å²) in [5, 5.41) is 8.59. The highest BCUT2D eigenvalue weighted by molar-refractivity contribution is 6.31. The van der Waals surface area contributed by atoms with Crippen LogP contribution in [0.5, 0.6) is 0 Å². The lowest BCUT2D eigenvalue weighted by molar-refractivity contribution is -0.148. The highest BCUT2D eigenvalue weighted by Gasteiger charge is 2.41. The molecule has 4 heterocycles. The minimum Gasteiger partial charge on any atom is -0.371 e. The number of nitrogens with zero attached hydrogens (tertiary/aromatic N) is 6. The fourth-order valence-corrected chi connectivity index (χ4v) is 5.07. The first-order valence-corrected chi connectivity index (χ1v) is 11.2. The number of amides is 1. The van der Waals surface area contributed by atoms with E-state index in [-0.39, 0.29) is 43.2 Å². The van der Waals surface area contributed by atoms with Gasteiger partial charge in [-0.05, 0) is 36.6 Å². The SMILES string of the molecule is CC1CN(c2ccnc3ccc(Cl)cc23)CCC1C(=O)N1CCn2c(nnc2C(F)(F)F)C1. The number of rotatable bonds is 2. The molecule has 2 aromatic heterocycles. The fraction of sp³-hybridized carbons (Fsp3) is 0.455. The van der Waals surface area contributed by atoms with Gasteiger partial charge in [-0.1, -0.05) is 18.5 Å². The van der Waals surface area contributed by atoms with E-state index in [1.165, 1.54) is 0 Å². The molecule has 11 heteroatoms. The molecule has 0 radical (unpaired) electrons. The van der Waals surface area contributed by atoms with Gasteiger partial charge in [0.1, 0.15) is 0 Å². The maximum Gasteiger partial charge on any atom is 0.451 e. The van der Waals surface area contributed by atoms with E-state index in [1.807, 2.05) is 31.2 Å². The number of aromatic nitrogens is 4. The Morgan fingerprint density at radius 1 is 1.15 bits per heavy atom. The van der Waals surface area contributed by atoms with Gasteiger partial charge < -0.3 is 14.4 Å². The van der Waals surface area contributed by atoms with Crippen molar-refractivity contribution in [1.82, 2.24) is 24.6 Å². The van der Waals surface area contributed by atoms with E-state index in [0.717, 1.165) is 21.2 Å². The number of pyridine rings is 1. The molecule has 0 N–H and O–H groups in total. The number of benzene rings is 1. The first kappa shape index (κ1) is 21.9. The van der Waals surface area contributed by atoms with Crippen molar-refractivity contribution in [3.05, 3.63) is 47.1 Å². The summed E-state index contributed by atoms with van der Waals surface area (Å²) in [6.07, 6.45) is -2.13. The second-order valence-corrected chi connectivity index (χ2v) is 9.10. The molecule has 0 bridgehead atoms. The molecule has 0 aliphatic carbocycles. The number of carbonyl (C=O) groups is 1. The smallest absolute Gasteiger partial charge is 0.371 e. The van der Waals surface area contributed by atoms with Crippen LogP contribution < -0.4 is 4.90 Å². The number of hydrogen-bond acceptors (Lipinski definition) is 5. The van der Waals surface area contributed by atoms with Crippen LogP contribution in [0.15, 0.2) is 30.5 Å². The van der Waals surface area contributed by atoms with Gasteiger partial charge in [0.15, 0.2) is 5.82 Å². The van der Waals surface area contributed by atoms with Crippen molar-refractivity contribution in [3.8, 4) is 0 Å². The van der Waals surface area contributed by atoms with Crippen molar-refractivity contribution in [2.45, 2.75) is 32.6 Å². The number of piperidine rings is 1. The summed E-state index contributed by atoms with van der Waals surface area (Å²) in [7, 11) is 0. The topological polar surface area (TPSA) is 67.2 Å². The molecule has 0 saturated carbocycles. The molecule has 5 rings (SSSR count). The molecule has 2 aliphatic rings. The van der Waals surface area contributed by atoms with Crippen LogP contribution >= 0.6 is 11.6 Å². The van der Waals surface area contributed by atoms with Crippen molar-refractivity contribution in [2.24, 2.45) is 11.8 Å². The summed E-state index contributed by atoms with van der Waals surface area (Å²) < 4.78 is 40.3. The Bertz CT molecular complexity index is 1210. The Kier molecular flexibility index (Phi) is 5.43. The zero-order valence-electron chi connectivity index (χ0n) is 17.9. The molecule has 2 unspecified atom stereocenters. The monoisotopic (exact) mass is 478 g/mol. The second kappa shape index (κ2) is 8.16. The van der Waals surface area contributed by atoms with Gasteiger partial charge in [0.05, 0.1) is 12.1 Å². The Morgan fingerprint density at radius 3 is 2.73 bits per heavy atom. The number of alkyl halides is 3. The Balaban J connectivity index is 1.30. The first-order chi connectivity index (χ1) is 15.7. The average molecular weight is 479 g/mol. The minimum atomic E-state index is -4.56. The molecular weight excluding hydrogens is 457 g/mol. The molecule has 33 heavy (non-hydrogen) atoms. The van der Waals surface area contributed by atoms with Crippen LogP contribution in [0.4, 0.5) is 18.9 Å². The molecule has 7 nitrogen and oxygen atoms in total. The van der Waals surface area contributed by atoms with E-state index in [2.05, 4.69) is 20.1 Å². The molecule has 174 valence electrons. The molecule has 2 aliphatic heterocycles. The number of fused-ring (bicyclic) bond motifs is 2. The minimum absolute atomic E-state index is 0.0346. The number of carbonyl (C=O) groups excluding carboxylic acids is 1. The van der Waals surface area contributed by atoms with Crippen molar-refractivity contribution in [1.29, 1.82) is 0 Å². The summed E-state index contributed by atoms with van der Waals surface area (Å²) in [5.41, 5.74) is 1.89. The van der Waals surface area contributed by atoms with E-state index in [1.54, 1.807) is 11.1 Å². The zero-order chi connectivity index (χ0) is 23.3. The van der Waals surface area contributed by atoms with Crippen LogP contribution in [0.25, 0.3) is 10.9 Å². The zero-order valence-corrected chi connectivity index (χ0v) is 18.6. The number of hydrogen-bond donors (Lipinski definition) is 0. The van der Waals surface area contributed by atoms with Crippen molar-refractivity contribution >= 4 is 34.1 Å². The molecule has 3 aromatic rings. The van der Waals surface area contributed by atoms with Crippen LogP contribution in [-0.4, -0.2) is 50.2 Å². The molecule has 1 saturated heterocycles. The third-order valence-corrected chi connectivity index (χ3v) is 6.80. The molecule has 1 amide bonds.